The van der Waals surface area contributed by atoms with Crippen LogP contribution in [0, 0.1) is 0 Å². The third-order valence-electron chi connectivity index (χ3n) is 3.83. The molecule has 0 aromatic heterocycles. The molecule has 0 heterocycles. The number of rotatable bonds is 5. The summed E-state index contributed by atoms with van der Waals surface area (Å²) in [6.07, 6.45) is 2.53. The molecule has 0 saturated heterocycles. The predicted molar refractivity (Wildman–Crippen MR) is 86.7 cm³/mol. The van der Waals surface area contributed by atoms with Crippen LogP contribution in [0.15, 0.2) is 42.5 Å². The van der Waals surface area contributed by atoms with E-state index >= 15 is 0 Å². The number of amides is 1. The van der Waals surface area contributed by atoms with Crippen LogP contribution >= 0.6 is 0 Å². The smallest absolute Gasteiger partial charge is 0.407 e. The highest BCUT2D eigenvalue weighted by Gasteiger charge is 2.25. The molecule has 2 rings (SSSR count). The van der Waals surface area contributed by atoms with E-state index in [2.05, 4.69) is 11.9 Å². The largest absolute Gasteiger partial charge is 0.459 e. The molecule has 1 aliphatic carbocycles. The van der Waals surface area contributed by atoms with Crippen molar-refractivity contribution in [2.24, 2.45) is 0 Å². The molecule has 1 N–H and O–H groups in total. The first-order valence-electron chi connectivity index (χ1n) is 7.88. The van der Waals surface area contributed by atoms with Crippen molar-refractivity contribution in [1.29, 1.82) is 0 Å². The molecule has 23 heavy (non-hydrogen) atoms. The van der Waals surface area contributed by atoms with Gasteiger partial charge in [0.2, 0.25) is 0 Å². The van der Waals surface area contributed by atoms with Gasteiger partial charge in [-0.05, 0) is 38.2 Å². The molecule has 0 unspecified atom stereocenters. The zero-order valence-corrected chi connectivity index (χ0v) is 13.4. The van der Waals surface area contributed by atoms with Crippen LogP contribution in [0.1, 0.15) is 38.2 Å². The minimum Gasteiger partial charge on any atom is -0.459 e. The molecule has 0 atom stereocenters. The van der Waals surface area contributed by atoms with Gasteiger partial charge in [0.25, 0.3) is 0 Å². The lowest BCUT2D eigenvalue weighted by Gasteiger charge is -2.28. The van der Waals surface area contributed by atoms with Crippen molar-refractivity contribution in [3.05, 3.63) is 48.0 Å². The molecule has 1 aromatic rings. The Kier molecular flexibility index (Phi) is 6.20. The van der Waals surface area contributed by atoms with E-state index in [1.165, 1.54) is 0 Å². The molecule has 5 nitrogen and oxygen atoms in total. The van der Waals surface area contributed by atoms with E-state index in [1.54, 1.807) is 6.92 Å². The molecular weight excluding hydrogens is 294 g/mol. The van der Waals surface area contributed by atoms with Gasteiger partial charge in [0, 0.05) is 11.6 Å². The first kappa shape index (κ1) is 17.1. The maximum absolute atomic E-state index is 11.8. The summed E-state index contributed by atoms with van der Waals surface area (Å²) in [5.74, 6) is -0.344. The average Bonchev–Trinajstić information content (AvgIpc) is 2.55. The van der Waals surface area contributed by atoms with Crippen molar-refractivity contribution < 1.29 is 19.1 Å². The van der Waals surface area contributed by atoms with Gasteiger partial charge >= 0.3 is 12.1 Å². The van der Waals surface area contributed by atoms with Gasteiger partial charge in [0.1, 0.15) is 12.7 Å². The van der Waals surface area contributed by atoms with Crippen LogP contribution in [0.5, 0.6) is 0 Å². The van der Waals surface area contributed by atoms with Gasteiger partial charge in [-0.3, -0.25) is 0 Å². The third-order valence-corrected chi connectivity index (χ3v) is 3.83. The second kappa shape index (κ2) is 8.36. The second-order valence-corrected chi connectivity index (χ2v) is 5.87. The van der Waals surface area contributed by atoms with Crippen molar-refractivity contribution in [2.45, 2.75) is 51.4 Å². The van der Waals surface area contributed by atoms with Crippen LogP contribution in [0.25, 0.3) is 0 Å². The van der Waals surface area contributed by atoms with E-state index in [9.17, 15) is 9.59 Å². The topological polar surface area (TPSA) is 64.6 Å². The van der Waals surface area contributed by atoms with Crippen molar-refractivity contribution in [3.8, 4) is 0 Å². The van der Waals surface area contributed by atoms with Crippen LogP contribution in [-0.2, 0) is 20.9 Å². The van der Waals surface area contributed by atoms with Gasteiger partial charge in [-0.25, -0.2) is 9.59 Å². The lowest BCUT2D eigenvalue weighted by molar-refractivity contribution is -0.145. The van der Waals surface area contributed by atoms with Crippen molar-refractivity contribution in [2.75, 3.05) is 0 Å². The number of esters is 1. The highest BCUT2D eigenvalue weighted by atomic mass is 16.6. The minimum atomic E-state index is -0.406. The van der Waals surface area contributed by atoms with Crippen molar-refractivity contribution >= 4 is 12.1 Å². The average molecular weight is 317 g/mol. The molecule has 1 amide bonds. The Bertz CT molecular complexity index is 547. The zero-order valence-electron chi connectivity index (χ0n) is 13.4. The summed E-state index contributed by atoms with van der Waals surface area (Å²) in [5.41, 5.74) is 1.37. The first-order chi connectivity index (χ1) is 11.0. The molecule has 0 radical (unpaired) electrons. The number of carbonyl (C=O) groups excluding carboxylic acids is 2. The highest BCUT2D eigenvalue weighted by molar-refractivity contribution is 5.87. The van der Waals surface area contributed by atoms with Gasteiger partial charge < -0.3 is 14.8 Å². The predicted octanol–water partition coefficient (Wildman–Crippen LogP) is 3.34. The summed E-state index contributed by atoms with van der Waals surface area (Å²) in [6.45, 7) is 5.47. The Morgan fingerprint density at radius 2 is 1.83 bits per heavy atom. The lowest BCUT2D eigenvalue weighted by Crippen LogP contribution is -2.39. The molecule has 1 fully saturated rings. The maximum Gasteiger partial charge on any atom is 0.407 e. The van der Waals surface area contributed by atoms with Crippen LogP contribution < -0.4 is 5.32 Å². The summed E-state index contributed by atoms with van der Waals surface area (Å²) in [4.78, 5) is 23.3. The summed E-state index contributed by atoms with van der Waals surface area (Å²) in [6, 6.07) is 9.62. The summed E-state index contributed by atoms with van der Waals surface area (Å²) in [7, 11) is 0. The van der Waals surface area contributed by atoms with E-state index in [4.69, 9.17) is 9.47 Å². The standard InChI is InChI=1S/C18H23NO4/c1-13(2)17(20)23-16-10-8-15(9-11-16)19-18(21)22-12-14-6-4-3-5-7-14/h3-7,15-16H,1,8-12H2,2H3,(H,19,21). The highest BCUT2D eigenvalue weighted by Crippen LogP contribution is 2.22. The van der Waals surface area contributed by atoms with Crippen LogP contribution in [-0.4, -0.2) is 24.2 Å². The molecule has 0 bridgehead atoms. The van der Waals surface area contributed by atoms with E-state index in [0.717, 1.165) is 31.2 Å². The number of ether oxygens (including phenoxy) is 2. The fourth-order valence-electron chi connectivity index (χ4n) is 2.51. The van der Waals surface area contributed by atoms with Crippen molar-refractivity contribution in [1.82, 2.24) is 5.32 Å². The van der Waals surface area contributed by atoms with E-state index in [0.29, 0.717) is 5.57 Å². The number of hydrogen-bond acceptors (Lipinski definition) is 4. The molecular formula is C18H23NO4. The van der Waals surface area contributed by atoms with Gasteiger partial charge in [0.15, 0.2) is 0 Å². The van der Waals surface area contributed by atoms with Gasteiger partial charge in [-0.2, -0.15) is 0 Å². The Hall–Kier alpha value is -2.30. The Morgan fingerprint density at radius 3 is 2.43 bits per heavy atom. The third kappa shape index (κ3) is 5.77. The fourth-order valence-corrected chi connectivity index (χ4v) is 2.51. The van der Waals surface area contributed by atoms with E-state index in [1.807, 2.05) is 30.3 Å². The monoisotopic (exact) mass is 317 g/mol. The van der Waals surface area contributed by atoms with Crippen LogP contribution in [0.3, 0.4) is 0 Å². The van der Waals surface area contributed by atoms with E-state index < -0.39 is 6.09 Å². The Balaban J connectivity index is 1.66. The number of alkyl carbamates (subject to hydrolysis) is 1. The normalized spacial score (nSPS) is 20.4. The number of carbonyl (C=O) groups is 2. The molecule has 124 valence electrons. The maximum atomic E-state index is 11.8. The van der Waals surface area contributed by atoms with Gasteiger partial charge in [-0.1, -0.05) is 36.9 Å². The molecule has 5 heteroatoms. The van der Waals surface area contributed by atoms with Crippen LogP contribution in [0.2, 0.25) is 0 Å². The minimum absolute atomic E-state index is 0.0676. The Morgan fingerprint density at radius 1 is 1.17 bits per heavy atom. The molecule has 1 aromatic carbocycles. The lowest BCUT2D eigenvalue weighted by atomic mass is 9.93. The van der Waals surface area contributed by atoms with Crippen molar-refractivity contribution in [3.63, 3.8) is 0 Å². The van der Waals surface area contributed by atoms with Gasteiger partial charge in [0.05, 0.1) is 0 Å². The zero-order chi connectivity index (χ0) is 16.7. The molecule has 1 saturated carbocycles. The first-order valence-corrected chi connectivity index (χ1v) is 7.88. The summed E-state index contributed by atoms with van der Waals surface area (Å²) < 4.78 is 10.5. The summed E-state index contributed by atoms with van der Waals surface area (Å²) in [5, 5.41) is 2.87. The number of hydrogen-bond donors (Lipinski definition) is 1. The quantitative estimate of drug-likeness (QED) is 0.668. The van der Waals surface area contributed by atoms with Crippen LogP contribution in [0.4, 0.5) is 4.79 Å². The second-order valence-electron chi connectivity index (χ2n) is 5.87. The molecule has 1 aliphatic rings. The number of benzene rings is 1. The SMILES string of the molecule is C=C(C)C(=O)OC1CCC(NC(=O)OCc2ccccc2)CC1. The van der Waals surface area contributed by atoms with E-state index in [-0.39, 0.29) is 24.7 Å². The molecule has 0 aliphatic heterocycles. The number of nitrogens with one attached hydrogen (secondary N) is 1. The summed E-state index contributed by atoms with van der Waals surface area (Å²) >= 11 is 0. The fraction of sp³-hybridized carbons (Fsp3) is 0.444. The molecule has 0 spiro atoms. The van der Waals surface area contributed by atoms with Gasteiger partial charge in [-0.15, -0.1) is 0 Å². The Labute approximate surface area is 136 Å².